The highest BCUT2D eigenvalue weighted by atomic mass is 16.2. The van der Waals surface area contributed by atoms with Crippen LogP contribution in [0.3, 0.4) is 0 Å². The number of hydrogen-bond acceptors (Lipinski definition) is 3. The van der Waals surface area contributed by atoms with E-state index in [0.29, 0.717) is 32.6 Å². The molecule has 0 unspecified atom stereocenters. The molecule has 0 atom stereocenters. The van der Waals surface area contributed by atoms with Gasteiger partial charge in [-0.15, -0.1) is 0 Å². The van der Waals surface area contributed by atoms with Crippen LogP contribution in [0.1, 0.15) is 29.7 Å². The molecule has 0 radical (unpaired) electrons. The van der Waals surface area contributed by atoms with E-state index >= 15 is 0 Å². The van der Waals surface area contributed by atoms with Crippen LogP contribution in [0.25, 0.3) is 10.9 Å². The second-order valence-corrected chi connectivity index (χ2v) is 9.19. The number of nitrogens with zero attached hydrogens (tertiary/aromatic N) is 3. The number of piperazine rings is 1. The third-order valence-corrected chi connectivity index (χ3v) is 7.02. The smallest absolute Gasteiger partial charge is 0.237 e. The minimum atomic E-state index is 0.188. The summed E-state index contributed by atoms with van der Waals surface area (Å²) in [5.41, 5.74) is 4.96. The van der Waals surface area contributed by atoms with Crippen molar-refractivity contribution in [2.24, 2.45) is 0 Å². The molecule has 1 fully saturated rings. The molecule has 2 aromatic carbocycles. The molecule has 2 amide bonds. The molecule has 0 aliphatic carbocycles. The summed E-state index contributed by atoms with van der Waals surface area (Å²) in [4.78, 5) is 35.3. The molecule has 1 N–H and O–H groups in total. The van der Waals surface area contributed by atoms with Gasteiger partial charge in [-0.1, -0.05) is 48.5 Å². The molecular weight excluding hydrogens is 412 g/mol. The van der Waals surface area contributed by atoms with Crippen LogP contribution in [0.4, 0.5) is 0 Å². The van der Waals surface area contributed by atoms with Crippen molar-refractivity contribution < 1.29 is 9.59 Å². The lowest BCUT2D eigenvalue weighted by Gasteiger charge is -2.36. The van der Waals surface area contributed by atoms with Gasteiger partial charge in [0.05, 0.1) is 6.54 Å². The molecule has 2 aliphatic heterocycles. The molecule has 0 bridgehead atoms. The average molecular weight is 445 g/mol. The summed E-state index contributed by atoms with van der Waals surface area (Å²) in [6.45, 7) is 4.84. The second-order valence-electron chi connectivity index (χ2n) is 9.19. The van der Waals surface area contributed by atoms with Gasteiger partial charge in [-0.05, 0) is 24.5 Å². The van der Waals surface area contributed by atoms with Crippen LogP contribution in [0.5, 0.6) is 0 Å². The Bertz CT molecular complexity index is 1120. The molecule has 3 heterocycles. The topological polar surface area (TPSA) is 59.7 Å². The molecule has 1 aromatic heterocycles. The Morgan fingerprint density at radius 2 is 1.58 bits per heavy atom. The molecule has 172 valence electrons. The third-order valence-electron chi connectivity index (χ3n) is 7.02. The van der Waals surface area contributed by atoms with E-state index in [1.54, 1.807) is 0 Å². The summed E-state index contributed by atoms with van der Waals surface area (Å²) in [6, 6.07) is 18.7. The first-order chi connectivity index (χ1) is 16.2. The lowest BCUT2D eigenvalue weighted by molar-refractivity contribution is -0.135. The van der Waals surface area contributed by atoms with Gasteiger partial charge >= 0.3 is 0 Å². The minimum Gasteiger partial charge on any atom is -0.358 e. The number of carbonyl (C=O) groups is 2. The van der Waals surface area contributed by atoms with Gasteiger partial charge in [0.15, 0.2) is 0 Å². The zero-order valence-corrected chi connectivity index (χ0v) is 19.1. The monoisotopic (exact) mass is 444 g/mol. The quantitative estimate of drug-likeness (QED) is 0.635. The Hall–Kier alpha value is -3.12. The average Bonchev–Trinajstić information content (AvgIpc) is 3.23. The number of para-hydroxylation sites is 1. The molecule has 1 saturated heterocycles. The van der Waals surface area contributed by atoms with Crippen molar-refractivity contribution >= 4 is 22.7 Å². The van der Waals surface area contributed by atoms with Gasteiger partial charge in [0.1, 0.15) is 0 Å². The molecule has 2 aliphatic rings. The lowest BCUT2D eigenvalue weighted by atomic mass is 10.0. The van der Waals surface area contributed by atoms with Crippen LogP contribution in [-0.2, 0) is 29.0 Å². The lowest BCUT2D eigenvalue weighted by Crippen LogP contribution is -2.51. The highest BCUT2D eigenvalue weighted by Crippen LogP contribution is 2.27. The molecule has 3 aromatic rings. The molecular formula is C27H32N4O2. The number of amides is 2. The van der Waals surface area contributed by atoms with Crippen LogP contribution in [0.2, 0.25) is 0 Å². The molecule has 5 rings (SSSR count). The Labute approximate surface area is 195 Å². The van der Waals surface area contributed by atoms with E-state index in [1.165, 1.54) is 22.2 Å². The zero-order chi connectivity index (χ0) is 22.6. The molecule has 0 saturated carbocycles. The van der Waals surface area contributed by atoms with E-state index in [2.05, 4.69) is 40.2 Å². The Balaban J connectivity index is 1.07. The van der Waals surface area contributed by atoms with Crippen LogP contribution >= 0.6 is 0 Å². The van der Waals surface area contributed by atoms with E-state index in [9.17, 15) is 9.59 Å². The van der Waals surface area contributed by atoms with Crippen LogP contribution in [-0.4, -0.2) is 70.8 Å². The Morgan fingerprint density at radius 1 is 0.818 bits per heavy atom. The van der Waals surface area contributed by atoms with E-state index < -0.39 is 0 Å². The summed E-state index contributed by atoms with van der Waals surface area (Å²) in [5.74, 6) is 0.424. The summed E-state index contributed by atoms with van der Waals surface area (Å²) < 4.78 is 0. The van der Waals surface area contributed by atoms with Crippen molar-refractivity contribution in [2.75, 3.05) is 39.3 Å². The molecule has 0 spiro atoms. The number of rotatable bonds is 6. The molecule has 6 nitrogen and oxygen atoms in total. The van der Waals surface area contributed by atoms with E-state index in [0.717, 1.165) is 44.4 Å². The summed E-state index contributed by atoms with van der Waals surface area (Å²) >= 11 is 0. The summed E-state index contributed by atoms with van der Waals surface area (Å²) in [5, 5.41) is 1.23. The SMILES string of the molecule is O=C(CCCc1ccccc1)N1CCN(CC(=O)N2CCc3[nH]c4ccccc4c3C2)CC1. The number of nitrogens with one attached hydrogen (secondary N) is 1. The zero-order valence-electron chi connectivity index (χ0n) is 19.1. The van der Waals surface area contributed by atoms with E-state index in [-0.39, 0.29) is 11.8 Å². The number of hydrogen-bond donors (Lipinski definition) is 1. The fraction of sp³-hybridized carbons (Fsp3) is 0.407. The third kappa shape index (κ3) is 4.96. The van der Waals surface area contributed by atoms with Crippen molar-refractivity contribution in [1.29, 1.82) is 0 Å². The van der Waals surface area contributed by atoms with E-state index in [1.807, 2.05) is 34.1 Å². The standard InChI is InChI=1S/C27H32N4O2/c32-26(12-6-9-21-7-2-1-3-8-21)30-17-15-29(16-18-30)20-27(33)31-14-13-25-23(19-31)22-10-4-5-11-24(22)28-25/h1-5,7-8,10-11,28H,6,9,12-20H2. The summed E-state index contributed by atoms with van der Waals surface area (Å²) in [6.07, 6.45) is 3.29. The Morgan fingerprint density at radius 3 is 2.39 bits per heavy atom. The maximum atomic E-state index is 13.0. The number of carbonyl (C=O) groups excluding carboxylic acids is 2. The normalized spacial score (nSPS) is 16.7. The highest BCUT2D eigenvalue weighted by Gasteiger charge is 2.27. The van der Waals surface area contributed by atoms with Gasteiger partial charge in [0.25, 0.3) is 0 Å². The first kappa shape index (κ1) is 21.7. The van der Waals surface area contributed by atoms with Gasteiger partial charge in [0, 0.05) is 74.3 Å². The van der Waals surface area contributed by atoms with Crippen LogP contribution < -0.4 is 0 Å². The fourth-order valence-electron chi connectivity index (χ4n) is 5.07. The largest absolute Gasteiger partial charge is 0.358 e. The Kier molecular flexibility index (Phi) is 6.44. The summed E-state index contributed by atoms with van der Waals surface area (Å²) in [7, 11) is 0. The predicted octanol–water partition coefficient (Wildman–Crippen LogP) is 3.22. The van der Waals surface area contributed by atoms with Gasteiger partial charge in [-0.3, -0.25) is 14.5 Å². The second kappa shape index (κ2) is 9.79. The minimum absolute atomic E-state index is 0.188. The number of aryl methyl sites for hydroxylation is 1. The predicted molar refractivity (Wildman–Crippen MR) is 130 cm³/mol. The first-order valence-corrected chi connectivity index (χ1v) is 12.1. The number of aromatic amines is 1. The van der Waals surface area contributed by atoms with Crippen LogP contribution in [0.15, 0.2) is 54.6 Å². The van der Waals surface area contributed by atoms with Crippen molar-refractivity contribution in [2.45, 2.75) is 32.2 Å². The van der Waals surface area contributed by atoms with Gasteiger partial charge in [0.2, 0.25) is 11.8 Å². The molecule has 33 heavy (non-hydrogen) atoms. The maximum absolute atomic E-state index is 13.0. The van der Waals surface area contributed by atoms with Crippen molar-refractivity contribution in [3.63, 3.8) is 0 Å². The van der Waals surface area contributed by atoms with Crippen LogP contribution in [0, 0.1) is 0 Å². The molecule has 6 heteroatoms. The highest BCUT2D eigenvalue weighted by molar-refractivity contribution is 5.86. The van der Waals surface area contributed by atoms with Gasteiger partial charge in [-0.2, -0.15) is 0 Å². The van der Waals surface area contributed by atoms with Crippen molar-refractivity contribution in [1.82, 2.24) is 19.7 Å². The first-order valence-electron chi connectivity index (χ1n) is 12.1. The fourth-order valence-corrected chi connectivity index (χ4v) is 5.07. The van der Waals surface area contributed by atoms with E-state index in [4.69, 9.17) is 0 Å². The number of benzene rings is 2. The van der Waals surface area contributed by atoms with Crippen molar-refractivity contribution in [3.05, 3.63) is 71.4 Å². The number of fused-ring (bicyclic) bond motifs is 3. The van der Waals surface area contributed by atoms with Gasteiger partial charge in [-0.25, -0.2) is 0 Å². The maximum Gasteiger partial charge on any atom is 0.237 e. The number of H-pyrrole nitrogens is 1. The van der Waals surface area contributed by atoms with Crippen molar-refractivity contribution in [3.8, 4) is 0 Å². The van der Waals surface area contributed by atoms with Gasteiger partial charge < -0.3 is 14.8 Å². The number of aromatic nitrogens is 1.